The van der Waals surface area contributed by atoms with Gasteiger partial charge in [-0.15, -0.1) is 0 Å². The quantitative estimate of drug-likeness (QED) is 0.674. The largest absolute Gasteiger partial charge is 0.436 e. The van der Waals surface area contributed by atoms with Gasteiger partial charge < -0.3 is 9.73 Å². The lowest BCUT2D eigenvalue weighted by atomic mass is 9.95. The maximum absolute atomic E-state index is 12.2. The van der Waals surface area contributed by atoms with Crippen LogP contribution in [0.25, 0.3) is 22.6 Å². The normalized spacial score (nSPS) is 11.7. The fourth-order valence-corrected chi connectivity index (χ4v) is 2.49. The number of hydrogen-bond acceptors (Lipinski definition) is 3. The number of nitrogens with one attached hydrogen (secondary N) is 1. The molecule has 0 saturated heterocycles. The summed E-state index contributed by atoms with van der Waals surface area (Å²) in [5.74, 6) is 0.476. The number of halogens is 1. The van der Waals surface area contributed by atoms with Gasteiger partial charge in [-0.2, -0.15) is 0 Å². The van der Waals surface area contributed by atoms with E-state index >= 15 is 0 Å². The zero-order valence-electron chi connectivity index (χ0n) is 14.1. The van der Waals surface area contributed by atoms with Gasteiger partial charge in [-0.3, -0.25) is 4.79 Å². The van der Waals surface area contributed by atoms with Crippen molar-refractivity contribution in [2.75, 3.05) is 5.32 Å². The Morgan fingerprint density at radius 1 is 1.21 bits per heavy atom. The molecular weight excluding hydrogens is 324 g/mol. The highest BCUT2D eigenvalue weighted by molar-refractivity contribution is 6.31. The lowest BCUT2D eigenvalue weighted by Crippen LogP contribution is -2.27. The molecule has 1 N–H and O–H groups in total. The Balaban J connectivity index is 2.02. The summed E-state index contributed by atoms with van der Waals surface area (Å²) in [6, 6.07) is 11.0. The van der Waals surface area contributed by atoms with Crippen LogP contribution in [0, 0.1) is 12.3 Å². The number of aromatic nitrogens is 1. The molecule has 24 heavy (non-hydrogen) atoms. The maximum atomic E-state index is 12.2. The molecule has 2 aromatic carbocycles. The molecule has 3 aromatic rings. The molecule has 0 spiro atoms. The van der Waals surface area contributed by atoms with E-state index in [1.165, 1.54) is 0 Å². The zero-order valence-corrected chi connectivity index (χ0v) is 14.9. The summed E-state index contributed by atoms with van der Waals surface area (Å²) in [7, 11) is 0. The Morgan fingerprint density at radius 3 is 2.67 bits per heavy atom. The smallest absolute Gasteiger partial charge is 0.229 e. The summed E-state index contributed by atoms with van der Waals surface area (Å²) in [5.41, 5.74) is 3.44. The van der Waals surface area contributed by atoms with Crippen LogP contribution in [0.2, 0.25) is 5.02 Å². The summed E-state index contributed by atoms with van der Waals surface area (Å²) in [4.78, 5) is 16.8. The molecule has 0 saturated carbocycles. The monoisotopic (exact) mass is 342 g/mol. The number of hydrogen-bond donors (Lipinski definition) is 1. The Hall–Kier alpha value is -2.33. The molecule has 1 aromatic heterocycles. The Morgan fingerprint density at radius 2 is 1.96 bits per heavy atom. The van der Waals surface area contributed by atoms with Crippen molar-refractivity contribution in [3.05, 3.63) is 47.0 Å². The molecule has 3 rings (SSSR count). The van der Waals surface area contributed by atoms with E-state index in [2.05, 4.69) is 10.3 Å². The molecule has 5 heteroatoms. The third kappa shape index (κ3) is 3.15. The van der Waals surface area contributed by atoms with E-state index in [-0.39, 0.29) is 5.91 Å². The molecule has 0 aliphatic heterocycles. The number of oxazole rings is 1. The molecule has 0 bridgehead atoms. The van der Waals surface area contributed by atoms with Crippen LogP contribution in [0.4, 0.5) is 5.69 Å². The minimum Gasteiger partial charge on any atom is -0.436 e. The summed E-state index contributed by atoms with van der Waals surface area (Å²) in [6.45, 7) is 7.58. The number of fused-ring (bicyclic) bond motifs is 1. The van der Waals surface area contributed by atoms with E-state index < -0.39 is 5.41 Å². The average molecular weight is 343 g/mol. The summed E-state index contributed by atoms with van der Waals surface area (Å²) >= 11 is 6.00. The van der Waals surface area contributed by atoms with E-state index in [1.807, 2.05) is 45.9 Å². The van der Waals surface area contributed by atoms with Gasteiger partial charge in [0.2, 0.25) is 11.8 Å². The summed E-state index contributed by atoms with van der Waals surface area (Å²) in [5, 5.41) is 3.59. The van der Waals surface area contributed by atoms with Crippen LogP contribution >= 0.6 is 11.6 Å². The Kier molecular flexibility index (Phi) is 4.10. The van der Waals surface area contributed by atoms with Crippen molar-refractivity contribution >= 4 is 34.3 Å². The predicted octanol–water partition coefficient (Wildman–Crippen LogP) is 5.44. The van der Waals surface area contributed by atoms with Gasteiger partial charge >= 0.3 is 0 Å². The highest BCUT2D eigenvalue weighted by Gasteiger charge is 2.22. The number of carbonyl (C=O) groups is 1. The van der Waals surface area contributed by atoms with Gasteiger partial charge in [0.25, 0.3) is 0 Å². The highest BCUT2D eigenvalue weighted by Crippen LogP contribution is 2.32. The van der Waals surface area contributed by atoms with Gasteiger partial charge in [0.15, 0.2) is 5.58 Å². The van der Waals surface area contributed by atoms with Crippen molar-refractivity contribution in [1.29, 1.82) is 0 Å². The van der Waals surface area contributed by atoms with Crippen LogP contribution < -0.4 is 5.32 Å². The number of anilines is 1. The minimum absolute atomic E-state index is 0.0351. The molecule has 1 amide bonds. The first-order chi connectivity index (χ1) is 11.3. The van der Waals surface area contributed by atoms with Crippen molar-refractivity contribution in [2.45, 2.75) is 27.7 Å². The topological polar surface area (TPSA) is 55.1 Å². The molecule has 0 aliphatic rings. The van der Waals surface area contributed by atoms with E-state index in [1.54, 1.807) is 18.2 Å². The number of carbonyl (C=O) groups excluding carboxylic acids is 1. The van der Waals surface area contributed by atoms with Crippen molar-refractivity contribution in [1.82, 2.24) is 4.98 Å². The van der Waals surface area contributed by atoms with E-state index in [0.29, 0.717) is 22.0 Å². The van der Waals surface area contributed by atoms with Crippen LogP contribution in [0.1, 0.15) is 26.3 Å². The first kappa shape index (κ1) is 16.5. The fraction of sp³-hybridized carbons (Fsp3) is 0.263. The van der Waals surface area contributed by atoms with Gasteiger partial charge in [-0.25, -0.2) is 4.98 Å². The number of rotatable bonds is 2. The second-order valence-electron chi connectivity index (χ2n) is 6.81. The van der Waals surface area contributed by atoms with Crippen LogP contribution in [0.15, 0.2) is 40.8 Å². The molecule has 0 fully saturated rings. The highest BCUT2D eigenvalue weighted by atomic mass is 35.5. The van der Waals surface area contributed by atoms with Gasteiger partial charge in [0, 0.05) is 21.7 Å². The second kappa shape index (κ2) is 5.95. The van der Waals surface area contributed by atoms with Crippen LogP contribution in [-0.2, 0) is 4.79 Å². The summed E-state index contributed by atoms with van der Waals surface area (Å²) < 4.78 is 5.83. The molecule has 4 nitrogen and oxygen atoms in total. The SMILES string of the molecule is Cc1c(NC(=O)C(C)(C)C)cccc1-c1nc2cc(Cl)ccc2o1. The fourth-order valence-electron chi connectivity index (χ4n) is 2.33. The second-order valence-corrected chi connectivity index (χ2v) is 7.25. The Bertz CT molecular complexity index is 923. The van der Waals surface area contributed by atoms with E-state index in [9.17, 15) is 4.79 Å². The van der Waals surface area contributed by atoms with Crippen LogP contribution in [-0.4, -0.2) is 10.9 Å². The molecule has 124 valence electrons. The van der Waals surface area contributed by atoms with Gasteiger partial charge in [-0.05, 0) is 42.8 Å². The van der Waals surface area contributed by atoms with Gasteiger partial charge in [-0.1, -0.05) is 38.4 Å². The molecule has 0 unspecified atom stereocenters. The minimum atomic E-state index is -0.462. The summed E-state index contributed by atoms with van der Waals surface area (Å²) in [6.07, 6.45) is 0. The molecule has 0 radical (unpaired) electrons. The van der Waals surface area contributed by atoms with Crippen molar-refractivity contribution in [3.8, 4) is 11.5 Å². The predicted molar refractivity (Wildman–Crippen MR) is 97.3 cm³/mol. The Labute approximate surface area is 145 Å². The van der Waals surface area contributed by atoms with Gasteiger partial charge in [0.05, 0.1) is 0 Å². The van der Waals surface area contributed by atoms with E-state index in [0.717, 1.165) is 16.8 Å². The molecule has 1 heterocycles. The lowest BCUT2D eigenvalue weighted by Gasteiger charge is -2.19. The van der Waals surface area contributed by atoms with Gasteiger partial charge in [0.1, 0.15) is 5.52 Å². The zero-order chi connectivity index (χ0) is 17.5. The molecule has 0 atom stereocenters. The number of nitrogens with zero attached hydrogens (tertiary/aromatic N) is 1. The van der Waals surface area contributed by atoms with Crippen molar-refractivity contribution < 1.29 is 9.21 Å². The standard InChI is InChI=1S/C19H19ClN2O2/c1-11-13(6-5-7-14(11)22-18(23)19(2,3)4)17-21-15-10-12(20)8-9-16(15)24-17/h5-10H,1-4H3,(H,22,23). The molecular formula is C19H19ClN2O2. The number of amides is 1. The third-order valence-electron chi connectivity index (χ3n) is 3.84. The third-order valence-corrected chi connectivity index (χ3v) is 4.08. The maximum Gasteiger partial charge on any atom is 0.229 e. The van der Waals surface area contributed by atoms with Crippen LogP contribution in [0.5, 0.6) is 0 Å². The first-order valence-corrected chi connectivity index (χ1v) is 8.11. The van der Waals surface area contributed by atoms with Crippen molar-refractivity contribution in [2.24, 2.45) is 5.41 Å². The molecule has 0 aliphatic carbocycles. The first-order valence-electron chi connectivity index (χ1n) is 7.73. The lowest BCUT2D eigenvalue weighted by molar-refractivity contribution is -0.123. The van der Waals surface area contributed by atoms with E-state index in [4.69, 9.17) is 16.0 Å². The average Bonchev–Trinajstić information content (AvgIpc) is 2.91. The number of benzene rings is 2. The van der Waals surface area contributed by atoms with Crippen molar-refractivity contribution in [3.63, 3.8) is 0 Å². The van der Waals surface area contributed by atoms with Crippen LogP contribution in [0.3, 0.4) is 0 Å².